The van der Waals surface area contributed by atoms with Crippen molar-refractivity contribution >= 4 is 0 Å². The lowest BCUT2D eigenvalue weighted by Gasteiger charge is -2.15. The molecule has 1 saturated carbocycles. The number of nitrogens with zero attached hydrogens (tertiary/aromatic N) is 1. The van der Waals surface area contributed by atoms with Gasteiger partial charge < -0.3 is 5.11 Å². The number of alkyl halides is 3. The van der Waals surface area contributed by atoms with E-state index < -0.39 is 12.3 Å². The van der Waals surface area contributed by atoms with Gasteiger partial charge in [0.1, 0.15) is 0 Å². The van der Waals surface area contributed by atoms with Crippen molar-refractivity contribution in [1.29, 1.82) is 5.26 Å². The fourth-order valence-corrected chi connectivity index (χ4v) is 2.62. The molecule has 1 fully saturated rings. The van der Waals surface area contributed by atoms with Crippen LogP contribution in [0, 0.1) is 11.3 Å². The Kier molecular flexibility index (Phi) is 3.65. The normalized spacial score (nSPS) is 17.3. The van der Waals surface area contributed by atoms with Crippen LogP contribution in [-0.4, -0.2) is 11.3 Å². The molecule has 0 spiro atoms. The highest BCUT2D eigenvalue weighted by Crippen LogP contribution is 2.47. The highest BCUT2D eigenvalue weighted by molar-refractivity contribution is 5.64. The molecule has 0 unspecified atom stereocenters. The summed E-state index contributed by atoms with van der Waals surface area (Å²) in [7, 11) is 0. The van der Waals surface area contributed by atoms with E-state index in [0.717, 1.165) is 29.5 Å². The summed E-state index contributed by atoms with van der Waals surface area (Å²) >= 11 is 0. The second-order valence-corrected chi connectivity index (χ2v) is 5.84. The molecule has 2 nitrogen and oxygen atoms in total. The third-order valence-corrected chi connectivity index (χ3v) is 4.27. The fraction of sp³-hybridized carbons (Fsp3) is 0.278. The van der Waals surface area contributed by atoms with Gasteiger partial charge >= 0.3 is 6.18 Å². The maximum Gasteiger partial charge on any atom is 0.418 e. The first-order valence-corrected chi connectivity index (χ1v) is 7.23. The standard InChI is InChI=1S/C18H14F3NO/c19-18(20,21)16(23)14-3-1-12(2-4-14)13-5-7-15(8-6-13)17(11-22)9-10-17/h1-8,16,23H,9-10H2/t16-/m0/s1. The molecule has 0 saturated heterocycles. The average molecular weight is 317 g/mol. The minimum atomic E-state index is -4.67. The van der Waals surface area contributed by atoms with Gasteiger partial charge in [0.05, 0.1) is 11.5 Å². The Bertz CT molecular complexity index is 738. The van der Waals surface area contributed by atoms with Crippen LogP contribution in [0.3, 0.4) is 0 Å². The molecule has 1 aliphatic carbocycles. The van der Waals surface area contributed by atoms with Crippen molar-refractivity contribution in [2.45, 2.75) is 30.5 Å². The number of aliphatic hydroxyl groups excluding tert-OH is 1. The van der Waals surface area contributed by atoms with Crippen LogP contribution >= 0.6 is 0 Å². The lowest BCUT2D eigenvalue weighted by Crippen LogP contribution is -2.19. The number of benzene rings is 2. The number of hydrogen-bond acceptors (Lipinski definition) is 2. The summed E-state index contributed by atoms with van der Waals surface area (Å²) in [5.41, 5.74) is 2.07. The number of aliphatic hydroxyl groups is 1. The van der Waals surface area contributed by atoms with Gasteiger partial charge in [0.2, 0.25) is 0 Å². The molecule has 1 N–H and O–H groups in total. The van der Waals surface area contributed by atoms with E-state index in [1.54, 1.807) is 12.1 Å². The molecule has 0 radical (unpaired) electrons. The largest absolute Gasteiger partial charge is 0.418 e. The van der Waals surface area contributed by atoms with Gasteiger partial charge in [-0.2, -0.15) is 18.4 Å². The predicted octanol–water partition coefficient (Wildman–Crippen LogP) is 4.50. The Hall–Kier alpha value is -2.32. The minimum absolute atomic E-state index is 0.181. The second kappa shape index (κ2) is 5.39. The molecule has 0 bridgehead atoms. The molecule has 3 rings (SSSR count). The van der Waals surface area contributed by atoms with E-state index in [1.807, 2.05) is 24.3 Å². The molecule has 0 amide bonds. The first kappa shape index (κ1) is 15.6. The van der Waals surface area contributed by atoms with Gasteiger partial charge in [-0.1, -0.05) is 48.5 Å². The van der Waals surface area contributed by atoms with Gasteiger partial charge in [0.25, 0.3) is 0 Å². The zero-order valence-corrected chi connectivity index (χ0v) is 12.1. The third-order valence-electron chi connectivity index (χ3n) is 4.27. The van der Waals surface area contributed by atoms with Crippen molar-refractivity contribution in [2.75, 3.05) is 0 Å². The van der Waals surface area contributed by atoms with E-state index in [-0.39, 0.29) is 11.0 Å². The van der Waals surface area contributed by atoms with E-state index in [4.69, 9.17) is 0 Å². The number of halogens is 3. The van der Waals surface area contributed by atoms with Crippen LogP contribution in [0.15, 0.2) is 48.5 Å². The molecule has 0 aromatic heterocycles. The fourth-order valence-electron chi connectivity index (χ4n) is 2.62. The summed E-state index contributed by atoms with van der Waals surface area (Å²) < 4.78 is 37.4. The van der Waals surface area contributed by atoms with E-state index in [0.29, 0.717) is 0 Å². The Labute approximate surface area is 131 Å². The van der Waals surface area contributed by atoms with Crippen molar-refractivity contribution in [3.63, 3.8) is 0 Å². The topological polar surface area (TPSA) is 44.0 Å². The zero-order valence-electron chi connectivity index (χ0n) is 12.1. The van der Waals surface area contributed by atoms with Crippen molar-refractivity contribution in [3.8, 4) is 17.2 Å². The Morgan fingerprint density at radius 3 is 1.83 bits per heavy atom. The summed E-state index contributed by atoms with van der Waals surface area (Å²) in [5, 5.41) is 18.4. The predicted molar refractivity (Wildman–Crippen MR) is 79.4 cm³/mol. The summed E-state index contributed by atoms with van der Waals surface area (Å²) in [4.78, 5) is 0. The zero-order chi connectivity index (χ0) is 16.7. The average Bonchev–Trinajstić information content (AvgIpc) is 3.35. The van der Waals surface area contributed by atoms with Gasteiger partial charge in [-0.3, -0.25) is 0 Å². The van der Waals surface area contributed by atoms with Crippen molar-refractivity contribution in [1.82, 2.24) is 0 Å². The van der Waals surface area contributed by atoms with Gasteiger partial charge in [-0.05, 0) is 35.1 Å². The molecule has 1 aliphatic rings. The molecular weight excluding hydrogens is 303 g/mol. The summed E-state index contributed by atoms with van der Waals surface area (Å²) in [5.74, 6) is 0. The molecule has 1 atom stereocenters. The van der Waals surface area contributed by atoms with Crippen LogP contribution in [-0.2, 0) is 5.41 Å². The lowest BCUT2D eigenvalue weighted by atomic mass is 9.94. The first-order valence-electron chi connectivity index (χ1n) is 7.23. The van der Waals surface area contributed by atoms with Gasteiger partial charge in [0.15, 0.2) is 6.10 Å². The van der Waals surface area contributed by atoms with Crippen LogP contribution in [0.25, 0.3) is 11.1 Å². The lowest BCUT2D eigenvalue weighted by molar-refractivity contribution is -0.206. The highest BCUT2D eigenvalue weighted by atomic mass is 19.4. The molecule has 5 heteroatoms. The first-order chi connectivity index (χ1) is 10.9. The number of hydrogen-bond donors (Lipinski definition) is 1. The van der Waals surface area contributed by atoms with E-state index >= 15 is 0 Å². The highest BCUT2D eigenvalue weighted by Gasteiger charge is 2.44. The smallest absolute Gasteiger partial charge is 0.379 e. The summed E-state index contributed by atoms with van der Waals surface area (Å²) in [6, 6.07) is 15.5. The van der Waals surface area contributed by atoms with Crippen LogP contribution in [0.1, 0.15) is 30.1 Å². The minimum Gasteiger partial charge on any atom is -0.379 e. The maximum atomic E-state index is 12.5. The van der Waals surface area contributed by atoms with Crippen molar-refractivity contribution < 1.29 is 18.3 Å². The van der Waals surface area contributed by atoms with Crippen molar-refractivity contribution in [2.24, 2.45) is 0 Å². The van der Waals surface area contributed by atoms with Crippen LogP contribution in [0.2, 0.25) is 0 Å². The summed E-state index contributed by atoms with van der Waals surface area (Å²) in [6.07, 6.45) is -5.40. The van der Waals surface area contributed by atoms with Crippen LogP contribution in [0.5, 0.6) is 0 Å². The Morgan fingerprint density at radius 2 is 1.43 bits per heavy atom. The molecule has 118 valence electrons. The maximum absolute atomic E-state index is 12.5. The molecule has 23 heavy (non-hydrogen) atoms. The summed E-state index contributed by atoms with van der Waals surface area (Å²) in [6.45, 7) is 0. The molecule has 0 aliphatic heterocycles. The Morgan fingerprint density at radius 1 is 0.957 bits per heavy atom. The monoisotopic (exact) mass is 317 g/mol. The number of nitriles is 1. The SMILES string of the molecule is N#CC1(c2ccc(-c3ccc([C@H](O)C(F)(F)F)cc3)cc2)CC1. The Balaban J connectivity index is 1.82. The molecule has 2 aromatic carbocycles. The molecular formula is C18H14F3NO. The van der Waals surface area contributed by atoms with Crippen LogP contribution < -0.4 is 0 Å². The quantitative estimate of drug-likeness (QED) is 0.905. The van der Waals surface area contributed by atoms with Gasteiger partial charge in [-0.25, -0.2) is 0 Å². The van der Waals surface area contributed by atoms with E-state index in [9.17, 15) is 23.5 Å². The van der Waals surface area contributed by atoms with E-state index in [2.05, 4.69) is 6.07 Å². The molecule has 2 aromatic rings. The second-order valence-electron chi connectivity index (χ2n) is 5.84. The van der Waals surface area contributed by atoms with Gasteiger partial charge in [-0.15, -0.1) is 0 Å². The third kappa shape index (κ3) is 2.95. The van der Waals surface area contributed by atoms with E-state index in [1.165, 1.54) is 12.1 Å². The van der Waals surface area contributed by atoms with Crippen LogP contribution in [0.4, 0.5) is 13.2 Å². The molecule has 0 heterocycles. The number of rotatable bonds is 3. The van der Waals surface area contributed by atoms with Gasteiger partial charge in [0, 0.05) is 0 Å². The van der Waals surface area contributed by atoms with Crippen molar-refractivity contribution in [3.05, 3.63) is 59.7 Å².